The van der Waals surface area contributed by atoms with Crippen LogP contribution in [0.25, 0.3) is 0 Å². The Morgan fingerprint density at radius 1 is 1.43 bits per heavy atom. The zero-order valence-electron chi connectivity index (χ0n) is 3.98. The fraction of sp³-hybridized carbons (Fsp3) is 0.667. The van der Waals surface area contributed by atoms with E-state index >= 15 is 0 Å². The quantitative estimate of drug-likeness (QED) is 0.349. The molecule has 0 aliphatic heterocycles. The van der Waals surface area contributed by atoms with Gasteiger partial charge < -0.3 is 0 Å². The first-order valence-electron chi connectivity index (χ1n) is 2.56. The fourth-order valence-electron chi connectivity index (χ4n) is 0.676. The van der Waals surface area contributed by atoms with Gasteiger partial charge in [0.25, 0.3) is 0 Å². The van der Waals surface area contributed by atoms with Crippen molar-refractivity contribution in [3.63, 3.8) is 0 Å². The Labute approximate surface area is 67.3 Å². The molecule has 0 nitrogen and oxygen atoms in total. The predicted octanol–water partition coefficient (Wildman–Crippen LogP) is 1.32. The Morgan fingerprint density at radius 2 is 2.00 bits per heavy atom. The second-order valence-electron chi connectivity index (χ2n) is 1.93. The Morgan fingerprint density at radius 3 is 2.00 bits per heavy atom. The third kappa shape index (κ3) is 1.98. The van der Waals surface area contributed by atoms with Crippen molar-refractivity contribution in [2.45, 2.75) is 19.3 Å². The van der Waals surface area contributed by atoms with Gasteiger partial charge in [0.1, 0.15) is 0 Å². The van der Waals surface area contributed by atoms with E-state index in [4.69, 9.17) is 0 Å². The van der Waals surface area contributed by atoms with E-state index < -0.39 is 0 Å². The van der Waals surface area contributed by atoms with Gasteiger partial charge in [-0.2, -0.15) is 0 Å². The van der Waals surface area contributed by atoms with Gasteiger partial charge in [0, 0.05) is 0 Å². The van der Waals surface area contributed by atoms with Crippen LogP contribution in [0.2, 0.25) is 0 Å². The van der Waals surface area contributed by atoms with E-state index in [2.05, 4.69) is 12.7 Å². The van der Waals surface area contributed by atoms with Crippen molar-refractivity contribution in [2.75, 3.05) is 0 Å². The van der Waals surface area contributed by atoms with Gasteiger partial charge >= 0.3 is 29.6 Å². The summed E-state index contributed by atoms with van der Waals surface area (Å²) in [5.74, 6) is 0.880. The molecule has 0 N–H and O–H groups in total. The molecular formula is C6H11Na. The van der Waals surface area contributed by atoms with Gasteiger partial charge in [0.15, 0.2) is 0 Å². The average molecular weight is 106 g/mol. The third-order valence-electron chi connectivity index (χ3n) is 1.48. The Bertz CT molecular complexity index is 55.2. The number of hydrogen-bond acceptors (Lipinski definition) is 0. The van der Waals surface area contributed by atoms with Gasteiger partial charge in [0.05, 0.1) is 0 Å². The molecule has 0 saturated heterocycles. The molecule has 0 radical (unpaired) electrons. The summed E-state index contributed by atoms with van der Waals surface area (Å²) in [6.45, 7) is 3.68. The summed E-state index contributed by atoms with van der Waals surface area (Å²) in [7, 11) is 0. The molecule has 0 amide bonds. The summed E-state index contributed by atoms with van der Waals surface area (Å²) in [6.07, 6.45) is 6.27. The van der Waals surface area contributed by atoms with Crippen LogP contribution in [0, 0.1) is 5.92 Å². The van der Waals surface area contributed by atoms with E-state index in [1.807, 2.05) is 0 Å². The first kappa shape index (κ1) is 7.74. The molecule has 0 spiro atoms. The van der Waals surface area contributed by atoms with Crippen LogP contribution in [0.15, 0.2) is 12.7 Å². The first-order chi connectivity index (χ1) is 2.93. The zero-order chi connectivity index (χ0) is 4.41. The van der Waals surface area contributed by atoms with Crippen LogP contribution in [0.3, 0.4) is 0 Å². The maximum absolute atomic E-state index is 3.68. The number of rotatable bonds is 1. The molecule has 0 aromatic rings. The summed E-state index contributed by atoms with van der Waals surface area (Å²) >= 11 is 0. The molecule has 1 fully saturated rings. The van der Waals surface area contributed by atoms with Crippen LogP contribution in [-0.2, 0) is 0 Å². The minimum absolute atomic E-state index is 0. The van der Waals surface area contributed by atoms with E-state index in [9.17, 15) is 0 Å². The molecule has 1 heteroatoms. The zero-order valence-corrected chi connectivity index (χ0v) is 3.98. The van der Waals surface area contributed by atoms with Crippen molar-refractivity contribution >= 4 is 29.6 Å². The van der Waals surface area contributed by atoms with E-state index in [1.54, 1.807) is 0 Å². The van der Waals surface area contributed by atoms with Crippen molar-refractivity contribution in [3.05, 3.63) is 12.7 Å². The van der Waals surface area contributed by atoms with E-state index in [-0.39, 0.29) is 29.6 Å². The van der Waals surface area contributed by atoms with Crippen molar-refractivity contribution < 1.29 is 0 Å². The monoisotopic (exact) mass is 106 g/mol. The minimum atomic E-state index is 0. The van der Waals surface area contributed by atoms with Gasteiger partial charge in [-0.05, 0) is 18.8 Å². The van der Waals surface area contributed by atoms with Gasteiger partial charge in [-0.1, -0.05) is 12.5 Å². The third-order valence-corrected chi connectivity index (χ3v) is 1.48. The number of hydrogen-bond donors (Lipinski definition) is 0. The maximum atomic E-state index is 3.68. The molecule has 1 saturated carbocycles. The molecule has 1 rings (SSSR count). The summed E-state index contributed by atoms with van der Waals surface area (Å²) in [5, 5.41) is 0. The molecule has 1 aliphatic rings. The molecule has 0 atom stereocenters. The molecule has 36 valence electrons. The second-order valence-corrected chi connectivity index (χ2v) is 1.93. The number of allylic oxidation sites excluding steroid dienone is 1. The van der Waals surface area contributed by atoms with Gasteiger partial charge in [0.2, 0.25) is 0 Å². The normalized spacial score (nSPS) is 19.4. The van der Waals surface area contributed by atoms with Crippen LogP contribution in [0.1, 0.15) is 19.3 Å². The molecular weight excluding hydrogens is 95.1 g/mol. The Hall–Kier alpha value is 0.740. The topological polar surface area (TPSA) is 0 Å². The predicted molar refractivity (Wildman–Crippen MR) is 34.7 cm³/mol. The van der Waals surface area contributed by atoms with Crippen molar-refractivity contribution in [2.24, 2.45) is 5.92 Å². The fourth-order valence-corrected chi connectivity index (χ4v) is 0.676. The van der Waals surface area contributed by atoms with Crippen LogP contribution >= 0.6 is 0 Å². The van der Waals surface area contributed by atoms with Crippen LogP contribution in [0.5, 0.6) is 0 Å². The molecule has 0 unspecified atom stereocenters. The van der Waals surface area contributed by atoms with Crippen LogP contribution in [0.4, 0.5) is 0 Å². The molecule has 0 aromatic carbocycles. The second kappa shape index (κ2) is 3.71. The summed E-state index contributed by atoms with van der Waals surface area (Å²) in [4.78, 5) is 0. The van der Waals surface area contributed by atoms with Crippen LogP contribution in [-0.4, -0.2) is 29.6 Å². The molecule has 7 heavy (non-hydrogen) atoms. The SMILES string of the molecule is C=CC1CCC1.[NaH]. The van der Waals surface area contributed by atoms with Crippen molar-refractivity contribution in [1.82, 2.24) is 0 Å². The van der Waals surface area contributed by atoms with Gasteiger partial charge in [-0.3, -0.25) is 0 Å². The van der Waals surface area contributed by atoms with Gasteiger partial charge in [-0.15, -0.1) is 6.58 Å². The summed E-state index contributed by atoms with van der Waals surface area (Å²) < 4.78 is 0. The van der Waals surface area contributed by atoms with E-state index in [0.29, 0.717) is 0 Å². The molecule has 0 heterocycles. The van der Waals surface area contributed by atoms with Crippen molar-refractivity contribution in [3.8, 4) is 0 Å². The molecule has 0 aromatic heterocycles. The van der Waals surface area contributed by atoms with E-state index in [0.717, 1.165) is 5.92 Å². The van der Waals surface area contributed by atoms with Crippen molar-refractivity contribution in [1.29, 1.82) is 0 Å². The van der Waals surface area contributed by atoms with Gasteiger partial charge in [-0.25, -0.2) is 0 Å². The molecule has 0 bridgehead atoms. The average Bonchev–Trinajstić information content (AvgIpc) is 1.31. The van der Waals surface area contributed by atoms with Crippen LogP contribution < -0.4 is 0 Å². The Kier molecular flexibility index (Phi) is 4.10. The van der Waals surface area contributed by atoms with E-state index in [1.165, 1.54) is 19.3 Å². The summed E-state index contributed by atoms with van der Waals surface area (Å²) in [6, 6.07) is 0. The first-order valence-corrected chi connectivity index (χ1v) is 2.56. The summed E-state index contributed by atoms with van der Waals surface area (Å²) in [5.41, 5.74) is 0. The standard InChI is InChI=1S/C6H10.Na.H/c1-2-6-4-3-5-6;;/h2,6H,1,3-5H2;;. The Balaban J connectivity index is 0.000000360. The molecule has 1 aliphatic carbocycles.